The van der Waals surface area contributed by atoms with Gasteiger partial charge in [0.1, 0.15) is 0 Å². The van der Waals surface area contributed by atoms with Gasteiger partial charge in [0.2, 0.25) is 5.91 Å². The Labute approximate surface area is 191 Å². The highest BCUT2D eigenvalue weighted by atomic mass is 19.4. The largest absolute Gasteiger partial charge is 0.416 e. The van der Waals surface area contributed by atoms with Crippen molar-refractivity contribution in [3.8, 4) is 0 Å². The molecule has 2 heterocycles. The molecular formula is C23H30F3N3O4. The monoisotopic (exact) mass is 469 g/mol. The van der Waals surface area contributed by atoms with Crippen LogP contribution in [0.1, 0.15) is 42.9 Å². The molecule has 2 saturated heterocycles. The Hall–Kier alpha value is -2.43. The summed E-state index contributed by atoms with van der Waals surface area (Å²) in [6.45, 7) is 4.85. The molecule has 0 unspecified atom stereocenters. The number of amides is 1. The molecule has 0 saturated carbocycles. The van der Waals surface area contributed by atoms with E-state index in [1.165, 1.54) is 13.0 Å². The number of halogens is 3. The molecule has 2 fully saturated rings. The third-order valence-electron chi connectivity index (χ3n) is 5.63. The first-order valence-electron chi connectivity index (χ1n) is 10.9. The molecule has 0 aromatic heterocycles. The zero-order valence-corrected chi connectivity index (χ0v) is 18.8. The summed E-state index contributed by atoms with van der Waals surface area (Å²) < 4.78 is 56.9. The molecule has 0 bridgehead atoms. The number of carbonyl (C=O) groups excluding carboxylic acids is 1. The summed E-state index contributed by atoms with van der Waals surface area (Å²) >= 11 is 0. The van der Waals surface area contributed by atoms with E-state index < -0.39 is 18.0 Å². The van der Waals surface area contributed by atoms with Gasteiger partial charge in [0.05, 0.1) is 36.7 Å². The fourth-order valence-electron chi connectivity index (χ4n) is 3.98. The summed E-state index contributed by atoms with van der Waals surface area (Å²) in [5, 5.41) is 2.98. The van der Waals surface area contributed by atoms with Gasteiger partial charge in [-0.15, -0.1) is 0 Å². The maximum atomic E-state index is 13.4. The van der Waals surface area contributed by atoms with Crippen LogP contribution in [0.3, 0.4) is 0 Å². The highest BCUT2D eigenvalue weighted by Crippen LogP contribution is 2.34. The second-order valence-electron chi connectivity index (χ2n) is 8.19. The van der Waals surface area contributed by atoms with Gasteiger partial charge < -0.3 is 25.3 Å². The number of hydrogen-bond acceptors (Lipinski definition) is 5. The minimum absolute atomic E-state index is 0.00333. The van der Waals surface area contributed by atoms with Crippen LogP contribution in [0.2, 0.25) is 0 Å². The normalized spacial score (nSPS) is 19.5. The summed E-state index contributed by atoms with van der Waals surface area (Å²) in [5.41, 5.74) is 6.51. The lowest BCUT2D eigenvalue weighted by Crippen LogP contribution is -2.39. The summed E-state index contributed by atoms with van der Waals surface area (Å²) in [6, 6.07) is 4.05. The van der Waals surface area contributed by atoms with Crippen LogP contribution in [0.15, 0.2) is 34.5 Å². The van der Waals surface area contributed by atoms with E-state index in [0.29, 0.717) is 43.3 Å². The first-order valence-corrected chi connectivity index (χ1v) is 10.9. The van der Waals surface area contributed by atoms with Crippen molar-refractivity contribution < 1.29 is 32.2 Å². The number of hydrogen-bond donors (Lipinski definition) is 2. The molecule has 3 N–H and O–H groups in total. The number of nitrogens with zero attached hydrogens (tertiary/aromatic N) is 1. The van der Waals surface area contributed by atoms with Gasteiger partial charge in [-0.05, 0) is 43.9 Å². The molecule has 0 spiro atoms. The van der Waals surface area contributed by atoms with Gasteiger partial charge in [0.25, 0.3) is 0 Å². The molecule has 0 aliphatic carbocycles. The van der Waals surface area contributed by atoms with Crippen molar-refractivity contribution in [1.29, 1.82) is 0 Å². The van der Waals surface area contributed by atoms with Crippen molar-refractivity contribution in [3.63, 3.8) is 0 Å². The zero-order chi connectivity index (χ0) is 24.0. The zero-order valence-electron chi connectivity index (χ0n) is 18.8. The quantitative estimate of drug-likeness (QED) is 0.472. The SMILES string of the molecule is C/C(N)=N/C(CC(=O)NC1CCOCC1)=C(\Cc1cccc(C(F)(F)F)c1C)C1OCCO1. The lowest BCUT2D eigenvalue weighted by Gasteiger charge is -2.24. The van der Waals surface area contributed by atoms with Gasteiger partial charge in [0.15, 0.2) is 6.29 Å². The molecule has 1 aromatic carbocycles. The number of nitrogens with one attached hydrogen (secondary N) is 1. The van der Waals surface area contributed by atoms with Crippen LogP contribution in [-0.2, 0) is 31.6 Å². The first-order chi connectivity index (χ1) is 15.6. The lowest BCUT2D eigenvalue weighted by atomic mass is 9.94. The van der Waals surface area contributed by atoms with Crippen LogP contribution in [0.5, 0.6) is 0 Å². The number of carbonyl (C=O) groups is 1. The number of alkyl halides is 3. The Morgan fingerprint density at radius 3 is 2.45 bits per heavy atom. The van der Waals surface area contributed by atoms with Crippen molar-refractivity contribution in [1.82, 2.24) is 5.32 Å². The fraction of sp³-hybridized carbons (Fsp3) is 0.565. The number of rotatable bonds is 7. The van der Waals surface area contributed by atoms with Crippen LogP contribution in [0, 0.1) is 6.92 Å². The lowest BCUT2D eigenvalue weighted by molar-refractivity contribution is -0.138. The Morgan fingerprint density at radius 2 is 1.85 bits per heavy atom. The summed E-state index contributed by atoms with van der Waals surface area (Å²) in [4.78, 5) is 17.2. The number of aliphatic imine (C=N–C) groups is 1. The fourth-order valence-corrected chi connectivity index (χ4v) is 3.98. The topological polar surface area (TPSA) is 95.2 Å². The Kier molecular flexibility index (Phi) is 8.50. The third-order valence-corrected chi connectivity index (χ3v) is 5.63. The van der Waals surface area contributed by atoms with Crippen LogP contribution in [0.25, 0.3) is 0 Å². The molecule has 182 valence electrons. The van der Waals surface area contributed by atoms with E-state index in [-0.39, 0.29) is 36.2 Å². The van der Waals surface area contributed by atoms with E-state index in [1.54, 1.807) is 13.0 Å². The van der Waals surface area contributed by atoms with Crippen LogP contribution in [-0.4, -0.2) is 50.5 Å². The van der Waals surface area contributed by atoms with Crippen molar-refractivity contribution in [2.45, 2.75) is 58.0 Å². The van der Waals surface area contributed by atoms with Gasteiger partial charge in [-0.1, -0.05) is 12.1 Å². The number of ether oxygens (including phenoxy) is 3. The van der Waals surface area contributed by atoms with E-state index in [0.717, 1.165) is 18.9 Å². The predicted octanol–water partition coefficient (Wildman–Crippen LogP) is 3.25. The van der Waals surface area contributed by atoms with Crippen molar-refractivity contribution in [2.24, 2.45) is 10.7 Å². The average Bonchev–Trinajstić information content (AvgIpc) is 3.26. The Balaban J connectivity index is 1.94. The summed E-state index contributed by atoms with van der Waals surface area (Å²) in [7, 11) is 0. The molecule has 0 atom stereocenters. The predicted molar refractivity (Wildman–Crippen MR) is 117 cm³/mol. The van der Waals surface area contributed by atoms with Crippen molar-refractivity contribution in [3.05, 3.63) is 46.2 Å². The van der Waals surface area contributed by atoms with Gasteiger partial charge in [-0.25, -0.2) is 4.99 Å². The Bertz CT molecular complexity index is 899. The molecule has 10 heteroatoms. The molecule has 7 nitrogen and oxygen atoms in total. The minimum Gasteiger partial charge on any atom is -0.387 e. The molecule has 3 rings (SSSR count). The smallest absolute Gasteiger partial charge is 0.387 e. The summed E-state index contributed by atoms with van der Waals surface area (Å²) in [5.74, 6) is -0.0294. The van der Waals surface area contributed by atoms with E-state index in [1.807, 2.05) is 0 Å². The summed E-state index contributed by atoms with van der Waals surface area (Å²) in [6.07, 6.45) is -3.86. The number of amidine groups is 1. The highest BCUT2D eigenvalue weighted by Gasteiger charge is 2.34. The minimum atomic E-state index is -4.47. The molecule has 33 heavy (non-hydrogen) atoms. The second-order valence-corrected chi connectivity index (χ2v) is 8.19. The average molecular weight is 470 g/mol. The van der Waals surface area contributed by atoms with E-state index in [4.69, 9.17) is 19.9 Å². The van der Waals surface area contributed by atoms with Crippen molar-refractivity contribution >= 4 is 11.7 Å². The van der Waals surface area contributed by atoms with Gasteiger partial charge in [-0.3, -0.25) is 4.79 Å². The first kappa shape index (κ1) is 25.2. The van der Waals surface area contributed by atoms with Gasteiger partial charge in [0, 0.05) is 31.2 Å². The molecule has 2 aliphatic rings. The van der Waals surface area contributed by atoms with Gasteiger partial charge in [-0.2, -0.15) is 13.2 Å². The molecule has 0 radical (unpaired) electrons. The van der Waals surface area contributed by atoms with Crippen LogP contribution < -0.4 is 11.1 Å². The molecular weight excluding hydrogens is 439 g/mol. The van der Waals surface area contributed by atoms with E-state index in [9.17, 15) is 18.0 Å². The molecule has 1 amide bonds. The van der Waals surface area contributed by atoms with Crippen LogP contribution >= 0.6 is 0 Å². The maximum Gasteiger partial charge on any atom is 0.416 e. The maximum absolute atomic E-state index is 13.4. The third kappa shape index (κ3) is 7.02. The highest BCUT2D eigenvalue weighted by molar-refractivity contribution is 5.82. The number of nitrogens with two attached hydrogens (primary N) is 1. The number of benzene rings is 1. The second kappa shape index (κ2) is 11.1. The molecule has 1 aromatic rings. The van der Waals surface area contributed by atoms with Gasteiger partial charge >= 0.3 is 6.18 Å². The van der Waals surface area contributed by atoms with E-state index in [2.05, 4.69) is 10.3 Å². The van der Waals surface area contributed by atoms with Crippen LogP contribution in [0.4, 0.5) is 13.2 Å². The van der Waals surface area contributed by atoms with E-state index >= 15 is 0 Å². The standard InChI is InChI=1S/C23H30F3N3O4/c1-14-16(4-3-5-19(14)23(24,25)26)12-18(22-32-10-11-33-22)20(28-15(2)27)13-21(30)29-17-6-8-31-9-7-17/h3-5,17,22H,6-13H2,1-2H3,(H2,27,28)(H,29,30)/b20-18+. The molecule has 2 aliphatic heterocycles. The van der Waals surface area contributed by atoms with Crippen molar-refractivity contribution in [2.75, 3.05) is 26.4 Å². The Morgan fingerprint density at radius 1 is 1.18 bits per heavy atom.